The van der Waals surface area contributed by atoms with Gasteiger partial charge in [0.1, 0.15) is 46.8 Å². The van der Waals surface area contributed by atoms with Crippen molar-refractivity contribution in [1.82, 2.24) is 0 Å². The number of carbonyl (C=O) groups excluding carboxylic acids is 1. The molecule has 1 saturated carbocycles. The summed E-state index contributed by atoms with van der Waals surface area (Å²) >= 11 is 0. The van der Waals surface area contributed by atoms with Gasteiger partial charge in [-0.05, 0) is 43.7 Å². The lowest BCUT2D eigenvalue weighted by Gasteiger charge is -2.52. The molecule has 0 unspecified atom stereocenters. The molecule has 210 valence electrons. The van der Waals surface area contributed by atoms with E-state index in [1.807, 2.05) is 0 Å². The molecule has 10 atom stereocenters. The number of aliphatic hydroxyl groups excluding tert-OH is 5. The highest BCUT2D eigenvalue weighted by atomic mass is 16.8. The average Bonchev–Trinajstić information content (AvgIpc) is 3.05. The van der Waals surface area contributed by atoms with Crippen LogP contribution in [0, 0.1) is 5.41 Å². The number of carbonyl (C=O) groups is 1. The molecule has 6 N–H and O–H groups in total. The fraction of sp³-hybridized carbons (Fsp3) is 0.577. The van der Waals surface area contributed by atoms with Gasteiger partial charge in [-0.15, -0.1) is 0 Å². The minimum Gasteiger partial charge on any atom is -0.497 e. The summed E-state index contributed by atoms with van der Waals surface area (Å²) in [5.74, 6) is -0.109. The standard InChI is InChI=1S/C26H34O12/c1-24(38-18(29)9-6-14-4-7-15(34-3)8-5-14)12-17(28)26(33)10-11-35-23(25(24,26)2)37-22-21(32)20(31)19(30)16(13-27)36-22/h4-11,16-17,19-23,27-28,30-33H,12-13H2,1-3H3/t16-,17-,19+,20+,21-,22-,23+,24-,25-,26+/m1/s1. The summed E-state index contributed by atoms with van der Waals surface area (Å²) < 4.78 is 27.8. The van der Waals surface area contributed by atoms with E-state index < -0.39 is 72.3 Å². The van der Waals surface area contributed by atoms with Crippen LogP contribution >= 0.6 is 0 Å². The minimum absolute atomic E-state index is 0.190. The van der Waals surface area contributed by atoms with E-state index in [0.29, 0.717) is 11.3 Å². The van der Waals surface area contributed by atoms with E-state index >= 15 is 0 Å². The number of esters is 1. The van der Waals surface area contributed by atoms with Crippen molar-refractivity contribution in [2.75, 3.05) is 13.7 Å². The second-order valence-electron chi connectivity index (χ2n) is 10.1. The molecule has 1 saturated heterocycles. The largest absolute Gasteiger partial charge is 0.497 e. The van der Waals surface area contributed by atoms with Crippen molar-refractivity contribution >= 4 is 12.0 Å². The molecule has 3 aliphatic rings. The third-order valence-corrected chi connectivity index (χ3v) is 7.98. The maximum absolute atomic E-state index is 12.9. The second-order valence-corrected chi connectivity index (χ2v) is 10.1. The van der Waals surface area contributed by atoms with Gasteiger partial charge in [0.05, 0.1) is 26.1 Å². The SMILES string of the molecule is COc1ccc(C=CC(=O)O[C@]2(C)C[C@@H](O)[C@@]3(O)C=CO[C@@H](O[C@H]4O[C@H](CO)[C@H](O)[C@H](O)[C@H]4O)[C@]23C)cc1. The van der Waals surface area contributed by atoms with Crippen LogP contribution in [0.1, 0.15) is 25.8 Å². The summed E-state index contributed by atoms with van der Waals surface area (Å²) in [6, 6.07) is 6.95. The monoisotopic (exact) mass is 538 g/mol. The molecule has 4 rings (SSSR count). The summed E-state index contributed by atoms with van der Waals surface area (Å²) in [4.78, 5) is 12.9. The molecule has 2 heterocycles. The highest BCUT2D eigenvalue weighted by molar-refractivity contribution is 5.87. The summed E-state index contributed by atoms with van der Waals surface area (Å²) in [6.07, 6.45) is -5.88. The van der Waals surface area contributed by atoms with Crippen molar-refractivity contribution in [1.29, 1.82) is 0 Å². The van der Waals surface area contributed by atoms with Crippen LogP contribution in [0.3, 0.4) is 0 Å². The lowest BCUT2D eigenvalue weighted by molar-refractivity contribution is -0.368. The number of benzene rings is 1. The van der Waals surface area contributed by atoms with Crippen molar-refractivity contribution in [3.63, 3.8) is 0 Å². The first-order valence-corrected chi connectivity index (χ1v) is 12.1. The van der Waals surface area contributed by atoms with Gasteiger partial charge in [0.2, 0.25) is 6.29 Å². The molecule has 0 amide bonds. The average molecular weight is 539 g/mol. The van der Waals surface area contributed by atoms with Crippen molar-refractivity contribution in [2.24, 2.45) is 5.41 Å². The number of ether oxygens (including phenoxy) is 5. The Morgan fingerprint density at radius 3 is 2.42 bits per heavy atom. The predicted octanol–water partition coefficient (Wildman–Crippen LogP) is -0.801. The fourth-order valence-corrected chi connectivity index (χ4v) is 5.33. The molecule has 0 bridgehead atoms. The van der Waals surface area contributed by atoms with E-state index in [0.717, 1.165) is 6.26 Å². The molecule has 0 radical (unpaired) electrons. The number of rotatable bonds is 7. The van der Waals surface area contributed by atoms with Gasteiger partial charge in [0.15, 0.2) is 6.29 Å². The summed E-state index contributed by atoms with van der Waals surface area (Å²) in [6.45, 7) is 2.33. The molecule has 1 aromatic carbocycles. The fourth-order valence-electron chi connectivity index (χ4n) is 5.33. The Balaban J connectivity index is 1.58. The van der Waals surface area contributed by atoms with Crippen LogP contribution < -0.4 is 4.74 Å². The summed E-state index contributed by atoms with van der Waals surface area (Å²) in [5.41, 5.74) is -4.50. The molecule has 38 heavy (non-hydrogen) atoms. The number of hydrogen-bond acceptors (Lipinski definition) is 12. The second kappa shape index (κ2) is 10.5. The Morgan fingerprint density at radius 2 is 1.79 bits per heavy atom. The van der Waals surface area contributed by atoms with Crippen LogP contribution in [0.5, 0.6) is 5.75 Å². The molecule has 12 nitrogen and oxygen atoms in total. The molecular formula is C26H34O12. The van der Waals surface area contributed by atoms with Crippen LogP contribution in [0.25, 0.3) is 6.08 Å². The molecule has 12 heteroatoms. The van der Waals surface area contributed by atoms with Gasteiger partial charge in [0, 0.05) is 12.5 Å². The number of fused-ring (bicyclic) bond motifs is 1. The molecule has 1 aliphatic carbocycles. The molecule has 0 aromatic heterocycles. The molecule has 2 aliphatic heterocycles. The Kier molecular flexibility index (Phi) is 7.90. The third kappa shape index (κ3) is 4.61. The smallest absolute Gasteiger partial charge is 0.331 e. The number of hydrogen-bond donors (Lipinski definition) is 6. The Morgan fingerprint density at radius 1 is 1.11 bits per heavy atom. The van der Waals surface area contributed by atoms with Gasteiger partial charge >= 0.3 is 5.97 Å². The van der Waals surface area contributed by atoms with E-state index in [9.17, 15) is 35.4 Å². The predicted molar refractivity (Wildman–Crippen MR) is 129 cm³/mol. The maximum Gasteiger partial charge on any atom is 0.331 e. The van der Waals surface area contributed by atoms with Crippen molar-refractivity contribution in [3.8, 4) is 5.75 Å². The quantitative estimate of drug-likeness (QED) is 0.188. The van der Waals surface area contributed by atoms with Crippen LogP contribution in [0.15, 0.2) is 42.7 Å². The van der Waals surface area contributed by atoms with Gasteiger partial charge in [0.25, 0.3) is 0 Å². The van der Waals surface area contributed by atoms with Gasteiger partial charge < -0.3 is 54.3 Å². The van der Waals surface area contributed by atoms with Crippen LogP contribution in [-0.2, 0) is 23.7 Å². The van der Waals surface area contributed by atoms with Crippen molar-refractivity contribution in [2.45, 2.75) is 74.6 Å². The molecule has 2 fully saturated rings. The van der Waals surface area contributed by atoms with Crippen LogP contribution in [-0.4, -0.2) is 105 Å². The third-order valence-electron chi connectivity index (χ3n) is 7.98. The lowest BCUT2D eigenvalue weighted by atomic mass is 9.67. The Labute approximate surface area is 219 Å². The lowest BCUT2D eigenvalue weighted by Crippen LogP contribution is -2.66. The highest BCUT2D eigenvalue weighted by Gasteiger charge is 2.74. The minimum atomic E-state index is -1.99. The van der Waals surface area contributed by atoms with Crippen molar-refractivity contribution < 1.29 is 59.1 Å². The first kappa shape index (κ1) is 28.5. The zero-order valence-corrected chi connectivity index (χ0v) is 21.2. The molecular weight excluding hydrogens is 504 g/mol. The zero-order valence-electron chi connectivity index (χ0n) is 21.2. The number of aliphatic hydroxyl groups is 6. The topological polar surface area (TPSA) is 185 Å². The zero-order chi connectivity index (χ0) is 27.9. The van der Waals surface area contributed by atoms with Gasteiger partial charge in [-0.2, -0.15) is 0 Å². The van der Waals surface area contributed by atoms with E-state index in [-0.39, 0.29) is 6.42 Å². The Bertz CT molecular complexity index is 1060. The highest BCUT2D eigenvalue weighted by Crippen LogP contribution is 2.60. The summed E-state index contributed by atoms with van der Waals surface area (Å²) in [7, 11) is 1.54. The van der Waals surface area contributed by atoms with Gasteiger partial charge in [-0.3, -0.25) is 0 Å². The first-order valence-electron chi connectivity index (χ1n) is 12.1. The van der Waals surface area contributed by atoms with E-state index in [2.05, 4.69) is 0 Å². The van der Waals surface area contributed by atoms with Crippen LogP contribution in [0.4, 0.5) is 0 Å². The molecule has 1 aromatic rings. The first-order chi connectivity index (χ1) is 17.9. The normalized spacial score (nSPS) is 42.5. The molecule has 0 spiro atoms. The van der Waals surface area contributed by atoms with Crippen molar-refractivity contribution in [3.05, 3.63) is 48.2 Å². The maximum atomic E-state index is 12.9. The summed E-state index contributed by atoms with van der Waals surface area (Å²) in [5, 5.41) is 62.6. The number of methoxy groups -OCH3 is 1. The van der Waals surface area contributed by atoms with Gasteiger partial charge in [-0.25, -0.2) is 4.79 Å². The van der Waals surface area contributed by atoms with E-state index in [4.69, 9.17) is 23.7 Å². The Hall–Kier alpha value is -2.55. The van der Waals surface area contributed by atoms with E-state index in [1.54, 1.807) is 31.4 Å². The van der Waals surface area contributed by atoms with Crippen LogP contribution in [0.2, 0.25) is 0 Å². The van der Waals surface area contributed by atoms with Gasteiger partial charge in [-0.1, -0.05) is 12.1 Å². The van der Waals surface area contributed by atoms with E-state index in [1.165, 1.54) is 32.1 Å².